The maximum atomic E-state index is 15.0. The predicted molar refractivity (Wildman–Crippen MR) is 161 cm³/mol. The molecule has 0 saturated heterocycles. The van der Waals surface area contributed by atoms with E-state index in [1.807, 2.05) is 0 Å². The summed E-state index contributed by atoms with van der Waals surface area (Å²) in [5, 5.41) is 15.9. The summed E-state index contributed by atoms with van der Waals surface area (Å²) in [5.74, 6) is -3.84. The number of halogens is 5. The van der Waals surface area contributed by atoms with Crippen molar-refractivity contribution >= 4 is 34.8 Å². The smallest absolute Gasteiger partial charge is 0.344 e. The Balaban J connectivity index is 1.30. The van der Waals surface area contributed by atoms with E-state index >= 15 is 4.39 Å². The first-order valence-electron chi connectivity index (χ1n) is 13.7. The van der Waals surface area contributed by atoms with E-state index in [1.54, 1.807) is 48.5 Å². The van der Waals surface area contributed by atoms with Gasteiger partial charge in [0.2, 0.25) is 0 Å². The Hall–Kier alpha value is -5.26. The zero-order valence-corrected chi connectivity index (χ0v) is 24.4. The van der Waals surface area contributed by atoms with Gasteiger partial charge in [0.1, 0.15) is 59.6 Å². The molecule has 1 atom stereocenters. The number of allylic oxidation sites excluding steroid dienone is 1. The number of rotatable bonds is 9. The summed E-state index contributed by atoms with van der Waals surface area (Å²) in [4.78, 5) is 16.9. The van der Waals surface area contributed by atoms with E-state index in [2.05, 4.69) is 10.1 Å². The molecule has 0 aliphatic carbocycles. The number of hydrogen-bond donors (Lipinski definition) is 1. The van der Waals surface area contributed by atoms with Crippen molar-refractivity contribution in [2.24, 2.45) is 0 Å². The minimum Gasteiger partial charge on any atom is -0.490 e. The first-order chi connectivity index (χ1) is 22.1. The van der Waals surface area contributed by atoms with Gasteiger partial charge in [0, 0.05) is 33.9 Å². The van der Waals surface area contributed by atoms with Crippen molar-refractivity contribution in [3.63, 3.8) is 0 Å². The quantitative estimate of drug-likeness (QED) is 0.138. The number of hydrogen-bond acceptors (Lipinski definition) is 6. The second kappa shape index (κ2) is 12.6. The highest BCUT2D eigenvalue weighted by Crippen LogP contribution is 2.42. The summed E-state index contributed by atoms with van der Waals surface area (Å²) >= 11 is 6.02. The summed E-state index contributed by atoms with van der Waals surface area (Å²) in [7, 11) is 0. The fraction of sp³-hybridized carbons (Fsp3) is 0.0882. The van der Waals surface area contributed by atoms with Gasteiger partial charge >= 0.3 is 5.97 Å². The maximum Gasteiger partial charge on any atom is 0.344 e. The van der Waals surface area contributed by atoms with Gasteiger partial charge in [-0.15, -0.1) is 0 Å². The van der Waals surface area contributed by atoms with E-state index in [-0.39, 0.29) is 40.3 Å². The first-order valence-corrected chi connectivity index (χ1v) is 14.1. The van der Waals surface area contributed by atoms with Crippen molar-refractivity contribution in [1.82, 2.24) is 14.8 Å². The molecule has 2 heterocycles. The summed E-state index contributed by atoms with van der Waals surface area (Å²) in [6.45, 7) is -0.676. The third kappa shape index (κ3) is 6.42. The van der Waals surface area contributed by atoms with Gasteiger partial charge in [-0.05, 0) is 59.7 Å². The van der Waals surface area contributed by atoms with Crippen LogP contribution in [0.15, 0.2) is 103 Å². The zero-order valence-electron chi connectivity index (χ0n) is 23.6. The fourth-order valence-electron chi connectivity index (χ4n) is 5.04. The minimum atomic E-state index is -1.96. The maximum absolute atomic E-state index is 15.0. The van der Waals surface area contributed by atoms with E-state index in [4.69, 9.17) is 21.1 Å². The van der Waals surface area contributed by atoms with Gasteiger partial charge < -0.3 is 14.6 Å². The first kappa shape index (κ1) is 30.8. The molecule has 4 aromatic carbocycles. The molecule has 12 heteroatoms. The lowest BCUT2D eigenvalue weighted by Gasteiger charge is -2.29. The van der Waals surface area contributed by atoms with E-state index in [0.717, 1.165) is 24.3 Å². The van der Waals surface area contributed by atoms with Crippen molar-refractivity contribution in [2.75, 3.05) is 6.61 Å². The summed E-state index contributed by atoms with van der Waals surface area (Å²) in [6, 6.07) is 18.5. The van der Waals surface area contributed by atoms with Crippen LogP contribution in [0, 0.1) is 23.3 Å². The SMILES string of the molecule is O=C1O/C(=C\c2ccc(OCC(O)(Cn3cncn3)c3ccc(F)cc3F)cc2)C(c2ccc(F)cc2F)=C1c1ccc(Cl)cc1. The Morgan fingerprint density at radius 1 is 0.891 bits per heavy atom. The standard InChI is InChI=1S/C34H22ClF4N3O4/c35-22-5-3-21(4-6-22)31-32(26-11-7-23(36)14-28(26)38)30(46-33(31)43)13-20-1-9-25(10-2-20)45-17-34(44,16-42-19-40-18-41-42)27-12-8-24(37)15-29(27)39/h1-15,18-19,44H,16-17H2/b30-13-. The zero-order chi connectivity index (χ0) is 32.4. The van der Waals surface area contributed by atoms with Crippen molar-refractivity contribution in [2.45, 2.75) is 12.1 Å². The highest BCUT2D eigenvalue weighted by molar-refractivity contribution is 6.32. The van der Waals surface area contributed by atoms with Gasteiger partial charge in [-0.25, -0.2) is 32.0 Å². The molecule has 0 amide bonds. The van der Waals surface area contributed by atoms with Gasteiger partial charge in [0.25, 0.3) is 0 Å². The Morgan fingerprint density at radius 3 is 2.24 bits per heavy atom. The topological polar surface area (TPSA) is 86.5 Å². The Kier molecular flexibility index (Phi) is 8.44. The summed E-state index contributed by atoms with van der Waals surface area (Å²) in [5.41, 5.74) is -1.04. The van der Waals surface area contributed by atoms with Crippen molar-refractivity contribution in [3.05, 3.63) is 154 Å². The minimum absolute atomic E-state index is 0.0307. The molecule has 0 spiro atoms. The van der Waals surface area contributed by atoms with Crippen LogP contribution in [0.1, 0.15) is 22.3 Å². The highest BCUT2D eigenvalue weighted by atomic mass is 35.5. The van der Waals surface area contributed by atoms with E-state index in [9.17, 15) is 23.1 Å². The Labute approximate surface area is 264 Å². The lowest BCUT2D eigenvalue weighted by atomic mass is 9.93. The second-order valence-electron chi connectivity index (χ2n) is 10.4. The predicted octanol–water partition coefficient (Wildman–Crippen LogP) is 6.96. The van der Waals surface area contributed by atoms with Gasteiger partial charge in [-0.3, -0.25) is 0 Å². The van der Waals surface area contributed by atoms with Crippen molar-refractivity contribution in [1.29, 1.82) is 0 Å². The second-order valence-corrected chi connectivity index (χ2v) is 10.8. The van der Waals surface area contributed by atoms with Crippen LogP contribution < -0.4 is 4.74 Å². The number of carbonyl (C=O) groups is 1. The number of nitrogens with zero attached hydrogens (tertiary/aromatic N) is 3. The van der Waals surface area contributed by atoms with Gasteiger partial charge in [0.15, 0.2) is 0 Å². The molecule has 1 N–H and O–H groups in total. The van der Waals surface area contributed by atoms with Gasteiger partial charge in [0.05, 0.1) is 12.1 Å². The number of carbonyl (C=O) groups excluding carboxylic acids is 1. The van der Waals surface area contributed by atoms with Crippen LogP contribution in [0.2, 0.25) is 5.02 Å². The Morgan fingerprint density at radius 2 is 1.59 bits per heavy atom. The molecule has 6 rings (SSSR count). The van der Waals surface area contributed by atoms with Gasteiger partial charge in [-0.2, -0.15) is 5.10 Å². The molecule has 0 bridgehead atoms. The lowest BCUT2D eigenvalue weighted by molar-refractivity contribution is -0.131. The molecular weight excluding hydrogens is 626 g/mol. The van der Waals surface area contributed by atoms with Crippen LogP contribution in [-0.4, -0.2) is 32.4 Å². The fourth-order valence-corrected chi connectivity index (χ4v) is 5.17. The largest absolute Gasteiger partial charge is 0.490 e. The van der Waals surface area contributed by atoms with Gasteiger partial charge in [-0.1, -0.05) is 41.9 Å². The highest BCUT2D eigenvalue weighted by Gasteiger charge is 2.35. The molecule has 1 aliphatic heterocycles. The van der Waals surface area contributed by atoms with Crippen LogP contribution in [0.3, 0.4) is 0 Å². The van der Waals surface area contributed by atoms with Crippen LogP contribution in [0.25, 0.3) is 17.2 Å². The molecule has 0 radical (unpaired) electrons. The number of aromatic nitrogens is 3. The monoisotopic (exact) mass is 647 g/mol. The third-order valence-electron chi connectivity index (χ3n) is 7.21. The number of esters is 1. The number of cyclic esters (lactones) is 1. The van der Waals surface area contributed by atoms with E-state index in [0.29, 0.717) is 22.2 Å². The molecule has 1 aromatic heterocycles. The molecule has 46 heavy (non-hydrogen) atoms. The average Bonchev–Trinajstić information content (AvgIpc) is 3.64. The Bertz CT molecular complexity index is 1980. The summed E-state index contributed by atoms with van der Waals surface area (Å²) in [6.07, 6.45) is 4.10. The molecule has 1 unspecified atom stereocenters. The van der Waals surface area contributed by atoms with Crippen molar-refractivity contribution < 1.29 is 36.9 Å². The molecule has 0 fully saturated rings. The number of benzene rings is 4. The molecule has 0 saturated carbocycles. The van der Waals surface area contributed by atoms with Crippen molar-refractivity contribution in [3.8, 4) is 5.75 Å². The molecular formula is C34H22ClF4N3O4. The van der Waals surface area contributed by atoms with E-state index in [1.165, 1.54) is 29.5 Å². The normalized spacial score (nSPS) is 15.3. The molecule has 7 nitrogen and oxygen atoms in total. The number of ether oxygens (including phenoxy) is 2. The third-order valence-corrected chi connectivity index (χ3v) is 7.47. The summed E-state index contributed by atoms with van der Waals surface area (Å²) < 4.78 is 69.8. The van der Waals surface area contributed by atoms with E-state index < -0.39 is 41.4 Å². The van der Waals surface area contributed by atoms with Crippen LogP contribution in [0.5, 0.6) is 5.75 Å². The molecule has 1 aliphatic rings. The van der Waals surface area contributed by atoms with Crippen LogP contribution >= 0.6 is 11.6 Å². The molecule has 5 aromatic rings. The lowest BCUT2D eigenvalue weighted by Crippen LogP contribution is -2.39. The molecule has 232 valence electrons. The van der Waals surface area contributed by atoms with Crippen LogP contribution in [0.4, 0.5) is 17.6 Å². The average molecular weight is 648 g/mol. The van der Waals surface area contributed by atoms with Crippen LogP contribution in [-0.2, 0) is 21.7 Å². The number of aliphatic hydroxyl groups is 1.